The van der Waals surface area contributed by atoms with E-state index < -0.39 is 29.6 Å². The molecule has 0 unspecified atom stereocenters. The predicted molar refractivity (Wildman–Crippen MR) is 159 cm³/mol. The minimum absolute atomic E-state index is 0.0473. The Hall–Kier alpha value is -4.87. The molecule has 1 aliphatic rings. The van der Waals surface area contributed by atoms with E-state index in [-0.39, 0.29) is 36.1 Å². The fourth-order valence-corrected chi connectivity index (χ4v) is 5.34. The highest BCUT2D eigenvalue weighted by Gasteiger charge is 2.38. The van der Waals surface area contributed by atoms with Gasteiger partial charge in [-0.3, -0.25) is 4.79 Å². The summed E-state index contributed by atoms with van der Waals surface area (Å²) in [6.45, 7) is 3.40. The van der Waals surface area contributed by atoms with Gasteiger partial charge in [-0.15, -0.1) is 0 Å². The molecule has 1 atom stereocenters. The lowest BCUT2D eigenvalue weighted by molar-refractivity contribution is -0.143. The van der Waals surface area contributed by atoms with Crippen molar-refractivity contribution in [1.82, 2.24) is 4.98 Å². The number of carbonyl (C=O) groups is 1. The molecule has 240 valence electrons. The highest BCUT2D eigenvalue weighted by Crippen LogP contribution is 2.41. The molecule has 3 aromatic carbocycles. The summed E-state index contributed by atoms with van der Waals surface area (Å²) in [6, 6.07) is 15.9. The first kappa shape index (κ1) is 32.5. The highest BCUT2D eigenvalue weighted by molar-refractivity contribution is 5.95. The zero-order valence-electron chi connectivity index (χ0n) is 25.1. The average molecular weight is 643 g/mol. The molecule has 5 rings (SSSR count). The molecule has 0 radical (unpaired) electrons. The molecule has 0 N–H and O–H groups in total. The van der Waals surface area contributed by atoms with Gasteiger partial charge in [0.15, 0.2) is 11.9 Å². The summed E-state index contributed by atoms with van der Waals surface area (Å²) in [5.74, 6) is 0.767. The molecule has 0 bridgehead atoms. The van der Waals surface area contributed by atoms with Crippen LogP contribution in [-0.2, 0) is 23.6 Å². The smallest absolute Gasteiger partial charge is 0.416 e. The van der Waals surface area contributed by atoms with E-state index >= 15 is 0 Å². The van der Waals surface area contributed by atoms with E-state index in [4.69, 9.17) is 14.3 Å². The van der Waals surface area contributed by atoms with Crippen molar-refractivity contribution in [1.29, 1.82) is 0 Å². The molecule has 6 nitrogen and oxygen atoms in total. The second kappa shape index (κ2) is 12.5. The summed E-state index contributed by atoms with van der Waals surface area (Å²) >= 11 is 0. The minimum Gasteiger partial charge on any atom is -0.496 e. The SMILES string of the molecule is COc1ccc(-c2cc(-c3ccc(C(C)=O)cc3C)ccc2OC)c(CC2=NO[C@H](c3cc(C(F)(F)F)cc(C(F)(F)F)c3)C2)n1. The molecule has 12 heteroatoms. The number of Topliss-reactive ketones (excluding diaryl/α,β-unsaturated/α-hetero) is 1. The molecule has 0 saturated carbocycles. The molecule has 46 heavy (non-hydrogen) atoms. The fourth-order valence-electron chi connectivity index (χ4n) is 5.34. The van der Waals surface area contributed by atoms with Crippen LogP contribution in [0, 0.1) is 6.92 Å². The monoisotopic (exact) mass is 642 g/mol. The van der Waals surface area contributed by atoms with Crippen LogP contribution in [0.25, 0.3) is 22.3 Å². The Bertz CT molecular complexity index is 1800. The zero-order chi connectivity index (χ0) is 33.4. The van der Waals surface area contributed by atoms with Crippen LogP contribution >= 0.6 is 0 Å². The van der Waals surface area contributed by atoms with E-state index in [1.165, 1.54) is 21.1 Å². The van der Waals surface area contributed by atoms with Crippen LogP contribution in [0.5, 0.6) is 11.6 Å². The maximum Gasteiger partial charge on any atom is 0.416 e. The van der Waals surface area contributed by atoms with Crippen LogP contribution in [0.4, 0.5) is 26.3 Å². The Labute approximate surface area is 260 Å². The third kappa shape index (κ3) is 6.85. The van der Waals surface area contributed by atoms with Gasteiger partial charge in [-0.2, -0.15) is 26.3 Å². The van der Waals surface area contributed by atoms with Crippen LogP contribution in [0.1, 0.15) is 57.8 Å². The van der Waals surface area contributed by atoms with Crippen molar-refractivity contribution in [3.05, 3.63) is 100 Å². The first-order valence-corrected chi connectivity index (χ1v) is 14.0. The number of aryl methyl sites for hydroxylation is 1. The Morgan fingerprint density at radius 2 is 1.52 bits per heavy atom. The maximum atomic E-state index is 13.5. The number of aromatic nitrogens is 1. The lowest BCUT2D eigenvalue weighted by Gasteiger charge is -2.17. The van der Waals surface area contributed by atoms with E-state index in [9.17, 15) is 31.1 Å². The van der Waals surface area contributed by atoms with Crippen LogP contribution in [-0.4, -0.2) is 30.7 Å². The van der Waals surface area contributed by atoms with Crippen molar-refractivity contribution >= 4 is 11.5 Å². The van der Waals surface area contributed by atoms with Crippen molar-refractivity contribution in [3.63, 3.8) is 0 Å². The molecule has 0 aliphatic carbocycles. The lowest BCUT2D eigenvalue weighted by atomic mass is 9.92. The molecule has 2 heterocycles. The number of hydrogen-bond acceptors (Lipinski definition) is 6. The topological polar surface area (TPSA) is 70.0 Å². The Kier molecular flexibility index (Phi) is 8.83. The largest absolute Gasteiger partial charge is 0.496 e. The van der Waals surface area contributed by atoms with Crippen molar-refractivity contribution in [2.45, 2.75) is 45.1 Å². The van der Waals surface area contributed by atoms with Gasteiger partial charge in [0.25, 0.3) is 0 Å². The number of benzene rings is 3. The maximum absolute atomic E-state index is 13.5. The van der Waals surface area contributed by atoms with E-state index in [0.717, 1.165) is 16.7 Å². The molecule has 1 aromatic heterocycles. The summed E-state index contributed by atoms with van der Waals surface area (Å²) in [4.78, 5) is 21.8. The number of pyridine rings is 1. The van der Waals surface area contributed by atoms with Gasteiger partial charge in [0.2, 0.25) is 5.88 Å². The molecule has 0 amide bonds. The van der Waals surface area contributed by atoms with E-state index in [1.807, 2.05) is 31.2 Å². The number of halogens is 6. The number of nitrogens with zero attached hydrogens (tertiary/aromatic N) is 2. The minimum atomic E-state index is -4.99. The van der Waals surface area contributed by atoms with Gasteiger partial charge < -0.3 is 14.3 Å². The molecular formula is C34H28F6N2O4. The Morgan fingerprint density at radius 1 is 0.848 bits per heavy atom. The van der Waals surface area contributed by atoms with Crippen molar-refractivity contribution < 1.29 is 45.4 Å². The second-order valence-corrected chi connectivity index (χ2v) is 10.8. The number of ether oxygens (including phenoxy) is 2. The van der Waals surface area contributed by atoms with Crippen LogP contribution in [0.15, 0.2) is 71.9 Å². The average Bonchev–Trinajstić information content (AvgIpc) is 3.48. The Morgan fingerprint density at radius 3 is 2.11 bits per heavy atom. The molecule has 0 saturated heterocycles. The third-order valence-electron chi connectivity index (χ3n) is 7.67. The summed E-state index contributed by atoms with van der Waals surface area (Å²) in [5.41, 5.74) is 2.23. The quantitative estimate of drug-likeness (QED) is 0.142. The zero-order valence-corrected chi connectivity index (χ0v) is 25.1. The Balaban J connectivity index is 1.49. The number of rotatable bonds is 8. The second-order valence-electron chi connectivity index (χ2n) is 10.8. The predicted octanol–water partition coefficient (Wildman–Crippen LogP) is 9.04. The van der Waals surface area contributed by atoms with E-state index in [1.54, 1.807) is 24.3 Å². The number of oxime groups is 1. The number of methoxy groups -OCH3 is 2. The van der Waals surface area contributed by atoms with Crippen LogP contribution in [0.2, 0.25) is 0 Å². The van der Waals surface area contributed by atoms with E-state index in [2.05, 4.69) is 10.1 Å². The van der Waals surface area contributed by atoms with Gasteiger partial charge in [-0.1, -0.05) is 23.4 Å². The molecule has 0 spiro atoms. The highest BCUT2D eigenvalue weighted by atomic mass is 19.4. The number of carbonyl (C=O) groups excluding carboxylic acids is 1. The van der Waals surface area contributed by atoms with Crippen molar-refractivity contribution in [2.24, 2.45) is 5.16 Å². The van der Waals surface area contributed by atoms with Gasteiger partial charge in [-0.05, 0) is 78.6 Å². The van der Waals surface area contributed by atoms with Crippen LogP contribution < -0.4 is 9.47 Å². The third-order valence-corrected chi connectivity index (χ3v) is 7.67. The molecule has 0 fully saturated rings. The molecule has 1 aliphatic heterocycles. The number of ketones is 1. The summed E-state index contributed by atoms with van der Waals surface area (Å²) in [7, 11) is 2.96. The van der Waals surface area contributed by atoms with Crippen LogP contribution in [0.3, 0.4) is 0 Å². The lowest BCUT2D eigenvalue weighted by Crippen LogP contribution is -2.13. The normalized spacial score (nSPS) is 14.9. The van der Waals surface area contributed by atoms with Gasteiger partial charge in [0.1, 0.15) is 5.75 Å². The van der Waals surface area contributed by atoms with Gasteiger partial charge in [0, 0.05) is 35.6 Å². The number of alkyl halides is 6. The molecular weight excluding hydrogens is 614 g/mol. The number of hydrogen-bond donors (Lipinski definition) is 0. The standard InChI is InChI=1S/C34H28F6N2O4/c1-18-11-20(19(2)43)5-7-26(18)21-6-9-30(44-3)28(14-21)27-8-10-32(45-4)41-29(27)16-25-17-31(46-42-25)22-12-23(33(35,36)37)15-24(13-22)34(38,39)40/h5-15,31H,16-17H2,1-4H3/t31-/m0/s1. The first-order chi connectivity index (χ1) is 21.7. The van der Waals surface area contributed by atoms with Gasteiger partial charge in [0.05, 0.1) is 36.8 Å². The fraction of sp³-hybridized carbons (Fsp3) is 0.265. The van der Waals surface area contributed by atoms with Crippen molar-refractivity contribution in [2.75, 3.05) is 14.2 Å². The van der Waals surface area contributed by atoms with Gasteiger partial charge in [-0.25, -0.2) is 4.98 Å². The van der Waals surface area contributed by atoms with Gasteiger partial charge >= 0.3 is 12.4 Å². The summed E-state index contributed by atoms with van der Waals surface area (Å²) < 4.78 is 91.7. The first-order valence-electron chi connectivity index (χ1n) is 14.0. The molecule has 4 aromatic rings. The summed E-state index contributed by atoms with van der Waals surface area (Å²) in [6.07, 6.45) is -11.1. The van der Waals surface area contributed by atoms with E-state index in [0.29, 0.717) is 46.0 Å². The van der Waals surface area contributed by atoms with Crippen molar-refractivity contribution in [3.8, 4) is 33.9 Å². The summed E-state index contributed by atoms with van der Waals surface area (Å²) in [5, 5.41) is 4.02.